The van der Waals surface area contributed by atoms with Crippen molar-refractivity contribution in [3.63, 3.8) is 0 Å². The van der Waals surface area contributed by atoms with Crippen molar-refractivity contribution in [3.05, 3.63) is 23.8 Å². The SMILES string of the molecule is CC(=O)Nc1ccc2c(c1)C(=O)N(C)[C@@H]1CC[C@H](CC(=O)NCCCN3CCOCC3)O[C@@H]1CO2. The van der Waals surface area contributed by atoms with E-state index in [4.69, 9.17) is 14.2 Å². The molecule has 0 radical (unpaired) electrons. The Bertz CT molecular complexity index is 919. The molecule has 0 saturated carbocycles. The Balaban J connectivity index is 1.28. The molecule has 2 saturated heterocycles. The van der Waals surface area contributed by atoms with Gasteiger partial charge >= 0.3 is 0 Å². The van der Waals surface area contributed by atoms with Gasteiger partial charge in [-0.2, -0.15) is 0 Å². The first-order chi connectivity index (χ1) is 16.9. The molecule has 10 heteroatoms. The molecule has 2 fully saturated rings. The quantitative estimate of drug-likeness (QED) is 0.556. The fourth-order valence-corrected chi connectivity index (χ4v) is 4.94. The van der Waals surface area contributed by atoms with Crippen LogP contribution in [0.3, 0.4) is 0 Å². The average Bonchev–Trinajstić information content (AvgIpc) is 2.85. The number of hydrogen-bond donors (Lipinski definition) is 2. The molecule has 35 heavy (non-hydrogen) atoms. The van der Waals surface area contributed by atoms with Crippen molar-refractivity contribution in [1.82, 2.24) is 15.1 Å². The van der Waals surface area contributed by atoms with E-state index in [1.807, 2.05) is 0 Å². The van der Waals surface area contributed by atoms with Gasteiger partial charge in [-0.25, -0.2) is 0 Å². The van der Waals surface area contributed by atoms with E-state index in [0.29, 0.717) is 36.4 Å². The molecule has 0 unspecified atom stereocenters. The summed E-state index contributed by atoms with van der Waals surface area (Å²) < 4.78 is 17.6. The number of carbonyl (C=O) groups is 3. The zero-order chi connectivity index (χ0) is 24.8. The number of amides is 3. The number of benzene rings is 1. The van der Waals surface area contributed by atoms with Crippen molar-refractivity contribution in [2.24, 2.45) is 0 Å². The van der Waals surface area contributed by atoms with Gasteiger partial charge in [0.15, 0.2) is 0 Å². The minimum absolute atomic E-state index is 0.0116. The third-order valence-corrected chi connectivity index (χ3v) is 6.82. The number of fused-ring (bicyclic) bond motifs is 2. The van der Waals surface area contributed by atoms with Crippen LogP contribution < -0.4 is 15.4 Å². The van der Waals surface area contributed by atoms with Gasteiger partial charge in [0, 0.05) is 39.3 Å². The summed E-state index contributed by atoms with van der Waals surface area (Å²) in [5, 5.41) is 5.72. The number of ether oxygens (including phenoxy) is 3. The largest absolute Gasteiger partial charge is 0.490 e. The molecular weight excluding hydrogens is 452 g/mol. The van der Waals surface area contributed by atoms with Crippen LogP contribution in [-0.2, 0) is 19.1 Å². The van der Waals surface area contributed by atoms with Gasteiger partial charge in [-0.05, 0) is 44.0 Å². The molecular formula is C25H36N4O6. The van der Waals surface area contributed by atoms with Gasteiger partial charge in [-0.15, -0.1) is 0 Å². The highest BCUT2D eigenvalue weighted by atomic mass is 16.5. The Morgan fingerprint density at radius 1 is 1.17 bits per heavy atom. The lowest BCUT2D eigenvalue weighted by Gasteiger charge is -2.42. The van der Waals surface area contributed by atoms with Crippen LogP contribution in [0.4, 0.5) is 5.69 Å². The molecule has 3 aliphatic rings. The Hall–Kier alpha value is -2.69. The molecule has 2 N–H and O–H groups in total. The van der Waals surface area contributed by atoms with E-state index in [9.17, 15) is 14.4 Å². The second-order valence-corrected chi connectivity index (χ2v) is 9.42. The maximum Gasteiger partial charge on any atom is 0.257 e. The van der Waals surface area contributed by atoms with E-state index in [1.165, 1.54) is 6.92 Å². The van der Waals surface area contributed by atoms with E-state index >= 15 is 0 Å². The highest BCUT2D eigenvalue weighted by Crippen LogP contribution is 2.32. The molecule has 0 spiro atoms. The average molecular weight is 489 g/mol. The second kappa shape index (κ2) is 11.8. The summed E-state index contributed by atoms with van der Waals surface area (Å²) in [6.07, 6.45) is 2.11. The Morgan fingerprint density at radius 3 is 2.74 bits per heavy atom. The monoisotopic (exact) mass is 488 g/mol. The summed E-state index contributed by atoms with van der Waals surface area (Å²) in [6.45, 7) is 6.77. The number of nitrogens with one attached hydrogen (secondary N) is 2. The summed E-state index contributed by atoms with van der Waals surface area (Å²) >= 11 is 0. The summed E-state index contributed by atoms with van der Waals surface area (Å²) in [5.74, 6) is 0.0630. The maximum absolute atomic E-state index is 13.2. The topological polar surface area (TPSA) is 109 Å². The van der Waals surface area contributed by atoms with E-state index in [-0.39, 0.29) is 42.6 Å². The van der Waals surface area contributed by atoms with Crippen LogP contribution in [0.2, 0.25) is 0 Å². The van der Waals surface area contributed by atoms with Crippen LogP contribution in [0.25, 0.3) is 0 Å². The van der Waals surface area contributed by atoms with E-state index in [1.54, 1.807) is 30.1 Å². The van der Waals surface area contributed by atoms with Crippen LogP contribution >= 0.6 is 0 Å². The third-order valence-electron chi connectivity index (χ3n) is 6.82. The minimum Gasteiger partial charge on any atom is -0.490 e. The highest BCUT2D eigenvalue weighted by molar-refractivity contribution is 5.99. The maximum atomic E-state index is 13.2. The van der Waals surface area contributed by atoms with Crippen LogP contribution in [-0.4, -0.2) is 98.8 Å². The summed E-state index contributed by atoms with van der Waals surface area (Å²) in [6, 6.07) is 4.90. The minimum atomic E-state index is -0.319. The molecule has 1 aromatic carbocycles. The van der Waals surface area contributed by atoms with Crippen molar-refractivity contribution in [3.8, 4) is 5.75 Å². The smallest absolute Gasteiger partial charge is 0.257 e. The molecule has 3 aliphatic heterocycles. The van der Waals surface area contributed by atoms with Crippen molar-refractivity contribution >= 4 is 23.4 Å². The predicted molar refractivity (Wildman–Crippen MR) is 130 cm³/mol. The van der Waals surface area contributed by atoms with E-state index < -0.39 is 0 Å². The number of rotatable bonds is 7. The van der Waals surface area contributed by atoms with Gasteiger partial charge < -0.3 is 29.7 Å². The second-order valence-electron chi connectivity index (χ2n) is 9.42. The van der Waals surface area contributed by atoms with Crippen molar-refractivity contribution in [2.75, 3.05) is 58.4 Å². The van der Waals surface area contributed by atoms with Gasteiger partial charge in [0.25, 0.3) is 5.91 Å². The zero-order valence-corrected chi connectivity index (χ0v) is 20.6. The molecule has 0 bridgehead atoms. The summed E-state index contributed by atoms with van der Waals surface area (Å²) in [7, 11) is 1.77. The van der Waals surface area contributed by atoms with Gasteiger partial charge in [0.05, 0.1) is 37.3 Å². The number of hydrogen-bond acceptors (Lipinski definition) is 7. The fraction of sp³-hybridized carbons (Fsp3) is 0.640. The molecule has 10 nitrogen and oxygen atoms in total. The van der Waals surface area contributed by atoms with Gasteiger partial charge in [0.1, 0.15) is 18.5 Å². The lowest BCUT2D eigenvalue weighted by atomic mass is 9.94. The van der Waals surface area contributed by atoms with Crippen LogP contribution in [0.5, 0.6) is 5.75 Å². The third kappa shape index (κ3) is 6.71. The number of carbonyl (C=O) groups excluding carboxylic acids is 3. The molecule has 0 aliphatic carbocycles. The highest BCUT2D eigenvalue weighted by Gasteiger charge is 2.39. The van der Waals surface area contributed by atoms with Gasteiger partial charge in [-0.3, -0.25) is 19.3 Å². The molecule has 3 heterocycles. The number of likely N-dealkylation sites (N-methyl/N-ethyl adjacent to an activating group) is 1. The molecule has 3 amide bonds. The van der Waals surface area contributed by atoms with Crippen molar-refractivity contribution in [2.45, 2.75) is 50.9 Å². The van der Waals surface area contributed by atoms with Crippen molar-refractivity contribution in [1.29, 1.82) is 0 Å². The Morgan fingerprint density at radius 2 is 1.97 bits per heavy atom. The molecule has 0 aromatic heterocycles. The molecule has 3 atom stereocenters. The normalized spacial score (nSPS) is 24.9. The molecule has 192 valence electrons. The summed E-state index contributed by atoms with van der Waals surface area (Å²) in [5.41, 5.74) is 0.963. The summed E-state index contributed by atoms with van der Waals surface area (Å²) in [4.78, 5) is 41.1. The number of morpholine rings is 1. The van der Waals surface area contributed by atoms with Crippen LogP contribution in [0.15, 0.2) is 18.2 Å². The predicted octanol–water partition coefficient (Wildman–Crippen LogP) is 1.25. The van der Waals surface area contributed by atoms with Crippen LogP contribution in [0, 0.1) is 0 Å². The van der Waals surface area contributed by atoms with Crippen LogP contribution in [0.1, 0.15) is 43.0 Å². The van der Waals surface area contributed by atoms with Gasteiger partial charge in [-0.1, -0.05) is 0 Å². The van der Waals surface area contributed by atoms with Gasteiger partial charge in [0.2, 0.25) is 11.8 Å². The first-order valence-corrected chi connectivity index (χ1v) is 12.4. The first-order valence-electron chi connectivity index (χ1n) is 12.4. The van der Waals surface area contributed by atoms with E-state index in [0.717, 1.165) is 45.7 Å². The number of nitrogens with zero attached hydrogens (tertiary/aromatic N) is 2. The Kier molecular flexibility index (Phi) is 8.59. The fourth-order valence-electron chi connectivity index (χ4n) is 4.94. The lowest BCUT2D eigenvalue weighted by Crippen LogP contribution is -2.54. The van der Waals surface area contributed by atoms with E-state index in [2.05, 4.69) is 15.5 Å². The zero-order valence-electron chi connectivity index (χ0n) is 20.6. The standard InChI is InChI=1S/C25H36N4O6/c1-17(30)27-18-4-7-22-20(14-18)25(32)28(2)21-6-5-19(35-23(21)16-34-22)15-24(31)26-8-3-9-29-10-12-33-13-11-29/h4,7,14,19,21,23H,3,5-6,8-13,15-16H2,1-2H3,(H,26,31)(H,27,30)/t19-,21-,23-/m1/s1. The lowest BCUT2D eigenvalue weighted by molar-refractivity contribution is -0.134. The first kappa shape index (κ1) is 25.4. The van der Waals surface area contributed by atoms with Crippen molar-refractivity contribution < 1.29 is 28.6 Å². The molecule has 4 rings (SSSR count). The number of anilines is 1. The molecule has 1 aromatic rings. The Labute approximate surface area is 206 Å².